The first kappa shape index (κ1) is 86.3. The van der Waals surface area contributed by atoms with Crippen LogP contribution in [0.5, 0.6) is 0 Å². The molecule has 4 aromatic rings. The van der Waals surface area contributed by atoms with E-state index in [1.54, 1.807) is 9.80 Å². The second-order valence-electron chi connectivity index (χ2n) is 25.7. The Hall–Kier alpha value is -11.4. The molecule has 18 N–H and O–H groups in total. The van der Waals surface area contributed by atoms with Crippen molar-refractivity contribution in [3.63, 3.8) is 0 Å². The van der Waals surface area contributed by atoms with E-state index in [4.69, 9.17) is 42.7 Å². The fourth-order valence-corrected chi connectivity index (χ4v) is 12.5. The predicted molar refractivity (Wildman–Crippen MR) is 374 cm³/mol. The number of fused-ring (bicyclic) bond motifs is 2. The summed E-state index contributed by atoms with van der Waals surface area (Å²) in [4.78, 5) is 159. The first-order valence-corrected chi connectivity index (χ1v) is 34.3. The molecule has 0 aromatic heterocycles. The lowest BCUT2D eigenvalue weighted by Gasteiger charge is -2.38. The van der Waals surface area contributed by atoms with Gasteiger partial charge in [0, 0.05) is 37.3 Å². The summed E-state index contributed by atoms with van der Waals surface area (Å²) in [6, 6.07) is 30.4. The number of piperidine rings is 2. The van der Waals surface area contributed by atoms with Gasteiger partial charge in [0.2, 0.25) is 47.3 Å². The van der Waals surface area contributed by atoms with Crippen LogP contribution in [0.2, 0.25) is 0 Å². The molecule has 4 heterocycles. The van der Waals surface area contributed by atoms with Crippen molar-refractivity contribution in [3.8, 4) is 0 Å². The summed E-state index contributed by atoms with van der Waals surface area (Å²) in [6.07, 6.45) is -3.76. The van der Waals surface area contributed by atoms with Crippen LogP contribution < -0.4 is 54.8 Å². The summed E-state index contributed by atoms with van der Waals surface area (Å²) in [5, 5.41) is 50.2. The number of guanidine groups is 2. The lowest BCUT2D eigenvalue weighted by atomic mass is 9.97. The molecule has 0 bridgehead atoms. The van der Waals surface area contributed by atoms with Crippen LogP contribution in [0.1, 0.15) is 119 Å². The molecule has 0 saturated carbocycles. The van der Waals surface area contributed by atoms with Gasteiger partial charge < -0.3 is 85.1 Å². The number of aliphatic carboxylic acids is 4. The van der Waals surface area contributed by atoms with Crippen LogP contribution in [-0.4, -0.2) is 199 Å². The summed E-state index contributed by atoms with van der Waals surface area (Å²) in [5.41, 5.74) is 25.3. The molecule has 8 amide bonds. The fourth-order valence-electron chi connectivity index (χ4n) is 12.5. The van der Waals surface area contributed by atoms with Gasteiger partial charge in [-0.25, -0.2) is 9.59 Å². The molecule has 0 aliphatic carbocycles. The van der Waals surface area contributed by atoms with Crippen LogP contribution in [0.3, 0.4) is 0 Å². The first-order valence-electron chi connectivity index (χ1n) is 34.3. The Morgan fingerprint density at radius 3 is 1.12 bits per heavy atom. The van der Waals surface area contributed by atoms with Gasteiger partial charge in [-0.15, -0.1) is 0 Å². The number of carbonyl (C=O) groups is 12. The number of carbonyl (C=O) groups excluding carboxylic acids is 8. The maximum absolute atomic E-state index is 13.7. The topological polar surface area (TPSA) is 493 Å². The monoisotopic (exact) mass is 1510 g/mol. The molecule has 4 saturated heterocycles. The van der Waals surface area contributed by atoms with Gasteiger partial charge >= 0.3 is 36.2 Å². The number of benzene rings is 4. The van der Waals surface area contributed by atoms with E-state index >= 15 is 0 Å². The molecule has 36 heteroatoms. The average molecular weight is 1510 g/mol. The molecule has 0 radical (unpaired) electrons. The van der Waals surface area contributed by atoms with Gasteiger partial charge in [0.25, 0.3) is 0 Å². The standard InChI is InChI=1S/C34H45N7O6.C33H43N7O6.2C2HF3O2/c35-34(36)37-19-7-12-26(31(45)38-24(21-30(43)44)14-13-22-8-3-1-4-9-22)40-32(46)28-18-16-25-15-17-27(33(47)41(25)28)39-29(42)20-23-10-5-2-6-11-23;34-33(35)36-17-7-12-25(30(44)37-23(20-29(42)43)18-21-8-3-1-4-9-21)39-31(45)27-16-14-24-13-15-26(32(46)40(24)27)38-28(41)19-22-10-5-2-6-11-22;2*3-2(4,5)1(6)7/h1-6,8-11,24-28H,7,12-21H2,(H,38,45)(H,39,42)(H,40,46)(H,43,44)(H4,35,36,37);1-6,8-11,23-27H,7,12-20H2,(H,37,44)(H,38,41)(H,39,45)(H,42,43)(H4,34,35,36);2*(H,6,7)/t24-,25+,26+,27?,28+;23-,24-,25-,26?,27-;;/m10../s1. The molecule has 107 heavy (non-hydrogen) atoms. The Labute approximate surface area is 611 Å². The van der Waals surface area contributed by atoms with E-state index in [0.29, 0.717) is 77.0 Å². The van der Waals surface area contributed by atoms with Gasteiger partial charge in [0.1, 0.15) is 36.3 Å². The molecule has 2 unspecified atom stereocenters. The van der Waals surface area contributed by atoms with Gasteiger partial charge in [-0.3, -0.25) is 57.9 Å². The summed E-state index contributed by atoms with van der Waals surface area (Å²) < 4.78 is 63.5. The van der Waals surface area contributed by atoms with Crippen molar-refractivity contribution in [2.24, 2.45) is 32.9 Å². The molecule has 30 nitrogen and oxygen atoms in total. The number of aryl methyl sites for hydroxylation is 1. The van der Waals surface area contributed by atoms with Gasteiger partial charge in [-0.05, 0) is 119 Å². The van der Waals surface area contributed by atoms with Gasteiger partial charge in [0.15, 0.2) is 11.9 Å². The van der Waals surface area contributed by atoms with E-state index in [2.05, 4.69) is 41.9 Å². The van der Waals surface area contributed by atoms with Gasteiger partial charge in [0.05, 0.1) is 25.7 Å². The van der Waals surface area contributed by atoms with E-state index in [-0.39, 0.29) is 106 Å². The second-order valence-corrected chi connectivity index (χ2v) is 25.7. The van der Waals surface area contributed by atoms with Crippen molar-refractivity contribution in [1.29, 1.82) is 0 Å². The van der Waals surface area contributed by atoms with E-state index in [9.17, 15) is 84.5 Å². The maximum atomic E-state index is 13.7. The lowest BCUT2D eigenvalue weighted by molar-refractivity contribution is -0.193. The van der Waals surface area contributed by atoms with Crippen molar-refractivity contribution in [2.45, 2.75) is 195 Å². The molecule has 8 rings (SSSR count). The number of rotatable bonds is 31. The maximum Gasteiger partial charge on any atom is 0.490 e. The lowest BCUT2D eigenvalue weighted by Crippen LogP contribution is -2.60. The van der Waals surface area contributed by atoms with Crippen LogP contribution >= 0.6 is 0 Å². The predicted octanol–water partition coefficient (Wildman–Crippen LogP) is 2.87. The number of nitrogens with two attached hydrogens (primary N) is 4. The zero-order chi connectivity index (χ0) is 79.0. The zero-order valence-corrected chi connectivity index (χ0v) is 58.2. The Morgan fingerprint density at radius 1 is 0.449 bits per heavy atom. The van der Waals surface area contributed by atoms with Gasteiger partial charge in [-0.2, -0.15) is 26.3 Å². The number of halogens is 6. The summed E-state index contributed by atoms with van der Waals surface area (Å²) in [5.74, 6) is -11.0. The minimum Gasteiger partial charge on any atom is -0.481 e. The van der Waals surface area contributed by atoms with E-state index in [1.807, 2.05) is 121 Å². The summed E-state index contributed by atoms with van der Waals surface area (Å²) in [7, 11) is 0. The van der Waals surface area contributed by atoms with Crippen molar-refractivity contribution < 1.29 is 104 Å². The van der Waals surface area contributed by atoms with E-state index in [0.717, 1.165) is 22.3 Å². The number of hydrogen-bond donors (Lipinski definition) is 14. The smallest absolute Gasteiger partial charge is 0.481 e. The van der Waals surface area contributed by atoms with E-state index in [1.165, 1.54) is 0 Å². The van der Waals surface area contributed by atoms with Crippen molar-refractivity contribution in [1.82, 2.24) is 41.7 Å². The summed E-state index contributed by atoms with van der Waals surface area (Å²) >= 11 is 0. The Morgan fingerprint density at radius 2 is 0.776 bits per heavy atom. The molecule has 10 atom stereocenters. The highest BCUT2D eigenvalue weighted by atomic mass is 19.4. The van der Waals surface area contributed by atoms with Crippen LogP contribution in [0.15, 0.2) is 131 Å². The van der Waals surface area contributed by atoms with Crippen LogP contribution in [0, 0.1) is 0 Å². The highest BCUT2D eigenvalue weighted by molar-refractivity contribution is 5.97. The minimum absolute atomic E-state index is 0.0940. The molecule has 0 spiro atoms. The molecular weight excluding hydrogens is 1420 g/mol. The van der Waals surface area contributed by atoms with Crippen LogP contribution in [0.4, 0.5) is 26.3 Å². The number of hydrogen-bond acceptors (Lipinski definition) is 14. The highest BCUT2D eigenvalue weighted by Crippen LogP contribution is 2.35. The third kappa shape index (κ3) is 30.3. The summed E-state index contributed by atoms with van der Waals surface area (Å²) in [6.45, 7) is 0.458. The SMILES string of the molecule is NC(N)=NCCC[C@H](NC(=O)[C@@H]1CC[C@@H]2CCC(NC(=O)Cc3ccccc3)C(=O)N21)C(=O)N[C@H](CC(=O)O)Cc1ccccc1.NC(N)=NCCC[C@H](NC(=O)[C@@H]1CC[C@@H]2CCC(NC(=O)Cc3ccccc3)C(=O)N21)C(=O)N[C@H](CCc1ccccc1)CC(=O)O.O=C(O)C(F)(F)F.O=C(O)C(F)(F)F. The highest BCUT2D eigenvalue weighted by Gasteiger charge is 2.49. The largest absolute Gasteiger partial charge is 0.490 e. The Kier molecular flexibility index (Phi) is 34.3. The quantitative estimate of drug-likeness (QED) is 0.0149. The number of nitrogens with one attached hydrogen (secondary N) is 6. The Bertz CT molecular complexity index is 3680. The Balaban J connectivity index is 0.000000325. The first-order chi connectivity index (χ1) is 50.6. The average Bonchev–Trinajstić information content (AvgIpc) is 1.66. The van der Waals surface area contributed by atoms with Crippen molar-refractivity contribution in [2.75, 3.05) is 13.1 Å². The molecule has 4 aliphatic rings. The number of carboxylic acid groups (broad SMARTS) is 4. The van der Waals surface area contributed by atoms with Crippen LogP contribution in [0.25, 0.3) is 0 Å². The van der Waals surface area contributed by atoms with Crippen molar-refractivity contribution >= 4 is 83.1 Å². The number of carboxylic acids is 4. The third-order valence-electron chi connectivity index (χ3n) is 17.5. The molecule has 582 valence electrons. The van der Waals surface area contributed by atoms with Gasteiger partial charge in [-0.1, -0.05) is 121 Å². The number of aliphatic imine (C=N–C) groups is 2. The van der Waals surface area contributed by atoms with Crippen molar-refractivity contribution in [3.05, 3.63) is 144 Å². The minimum atomic E-state index is -5.08. The molecule has 4 aromatic carbocycles. The molecule has 4 fully saturated rings. The second kappa shape index (κ2) is 42.6. The van der Waals surface area contributed by atoms with Crippen LogP contribution in [-0.2, 0) is 83.2 Å². The third-order valence-corrected chi connectivity index (χ3v) is 17.5. The van der Waals surface area contributed by atoms with E-state index < -0.39 is 108 Å². The fraction of sp³-hybridized carbons (Fsp3) is 0.465. The molecule has 4 aliphatic heterocycles. The number of alkyl halides is 6. The number of amides is 8. The number of nitrogens with zero attached hydrogens (tertiary/aromatic N) is 4. The normalized spacial score (nSPS) is 18.9. The molecular formula is C71H90F6N14O16. The zero-order valence-electron chi connectivity index (χ0n) is 58.2.